The predicted molar refractivity (Wildman–Crippen MR) is 56.1 cm³/mol. The van der Waals surface area contributed by atoms with Crippen LogP contribution < -0.4 is 0 Å². The number of amides is 2. The summed E-state index contributed by atoms with van der Waals surface area (Å²) in [5, 5.41) is 8.94. The first-order valence-electron chi connectivity index (χ1n) is 5.10. The van der Waals surface area contributed by atoms with Crippen molar-refractivity contribution < 1.29 is 19.5 Å². The molecule has 2 rings (SSSR count). The van der Waals surface area contributed by atoms with Gasteiger partial charge in [-0.15, -0.1) is 0 Å². The molecule has 17 heavy (non-hydrogen) atoms. The van der Waals surface area contributed by atoms with E-state index >= 15 is 0 Å². The SMILES string of the molecule is O=C(O)C1CCC(=O)N1C(=O)c1cccnc1. The maximum absolute atomic E-state index is 12.0. The van der Waals surface area contributed by atoms with Gasteiger partial charge in [0, 0.05) is 18.8 Å². The van der Waals surface area contributed by atoms with Crippen LogP contribution in [0.15, 0.2) is 24.5 Å². The Morgan fingerprint density at radius 2 is 2.24 bits per heavy atom. The lowest BCUT2D eigenvalue weighted by Gasteiger charge is -2.19. The van der Waals surface area contributed by atoms with E-state index in [9.17, 15) is 14.4 Å². The van der Waals surface area contributed by atoms with Crippen molar-refractivity contribution in [1.29, 1.82) is 0 Å². The summed E-state index contributed by atoms with van der Waals surface area (Å²) < 4.78 is 0. The minimum Gasteiger partial charge on any atom is -0.480 e. The molecular weight excluding hydrogens is 224 g/mol. The van der Waals surface area contributed by atoms with E-state index in [0.717, 1.165) is 4.90 Å². The van der Waals surface area contributed by atoms with Crippen LogP contribution in [0.1, 0.15) is 23.2 Å². The van der Waals surface area contributed by atoms with Crippen molar-refractivity contribution in [2.24, 2.45) is 0 Å². The van der Waals surface area contributed by atoms with Crippen molar-refractivity contribution in [1.82, 2.24) is 9.88 Å². The normalized spacial score (nSPS) is 19.4. The number of nitrogens with zero attached hydrogens (tertiary/aromatic N) is 2. The van der Waals surface area contributed by atoms with E-state index in [4.69, 9.17) is 5.11 Å². The summed E-state index contributed by atoms with van der Waals surface area (Å²) in [4.78, 5) is 39.0. The largest absolute Gasteiger partial charge is 0.480 e. The zero-order valence-electron chi connectivity index (χ0n) is 8.87. The number of pyridine rings is 1. The lowest BCUT2D eigenvalue weighted by Crippen LogP contribution is -2.42. The van der Waals surface area contributed by atoms with Crippen molar-refractivity contribution in [2.75, 3.05) is 0 Å². The fraction of sp³-hybridized carbons (Fsp3) is 0.273. The Morgan fingerprint density at radius 3 is 2.82 bits per heavy atom. The van der Waals surface area contributed by atoms with Crippen molar-refractivity contribution >= 4 is 17.8 Å². The molecular formula is C11H10N2O4. The van der Waals surface area contributed by atoms with E-state index in [0.29, 0.717) is 0 Å². The molecule has 88 valence electrons. The van der Waals surface area contributed by atoms with Crippen LogP contribution in [0.25, 0.3) is 0 Å². The van der Waals surface area contributed by atoms with Gasteiger partial charge in [-0.1, -0.05) is 0 Å². The highest BCUT2D eigenvalue weighted by atomic mass is 16.4. The quantitative estimate of drug-likeness (QED) is 0.743. The number of likely N-dealkylation sites (tertiary alicyclic amines) is 1. The van der Waals surface area contributed by atoms with Crippen LogP contribution in [0.3, 0.4) is 0 Å². The molecule has 0 radical (unpaired) electrons. The van der Waals surface area contributed by atoms with Crippen molar-refractivity contribution in [3.63, 3.8) is 0 Å². The van der Waals surface area contributed by atoms with Gasteiger partial charge in [0.05, 0.1) is 5.56 Å². The van der Waals surface area contributed by atoms with Gasteiger partial charge in [-0.05, 0) is 18.6 Å². The molecule has 1 fully saturated rings. The molecule has 0 saturated carbocycles. The van der Waals surface area contributed by atoms with E-state index < -0.39 is 23.8 Å². The van der Waals surface area contributed by atoms with E-state index in [1.807, 2.05) is 0 Å². The van der Waals surface area contributed by atoms with Gasteiger partial charge >= 0.3 is 5.97 Å². The molecule has 0 aromatic carbocycles. The standard InChI is InChI=1S/C11H10N2O4/c14-9-4-3-8(11(16)17)13(9)10(15)7-2-1-5-12-6-7/h1-2,5-6,8H,3-4H2,(H,16,17). The average molecular weight is 234 g/mol. The Labute approximate surface area is 96.9 Å². The number of hydrogen-bond donors (Lipinski definition) is 1. The minimum atomic E-state index is -1.16. The predicted octanol–water partition coefficient (Wildman–Crippen LogP) is 0.297. The first kappa shape index (κ1) is 11.3. The number of imide groups is 1. The van der Waals surface area contributed by atoms with Crippen molar-refractivity contribution in [3.8, 4) is 0 Å². The molecule has 1 aliphatic heterocycles. The summed E-state index contributed by atoms with van der Waals surface area (Å²) in [6.07, 6.45) is 3.06. The maximum atomic E-state index is 12.0. The van der Waals surface area contributed by atoms with Gasteiger partial charge in [0.15, 0.2) is 0 Å². The number of carbonyl (C=O) groups is 3. The van der Waals surface area contributed by atoms with Gasteiger partial charge in [-0.2, -0.15) is 0 Å². The molecule has 0 spiro atoms. The van der Waals surface area contributed by atoms with Crippen LogP contribution in [-0.4, -0.2) is 38.8 Å². The van der Waals surface area contributed by atoms with Crippen LogP contribution >= 0.6 is 0 Å². The van der Waals surface area contributed by atoms with Crippen molar-refractivity contribution in [2.45, 2.75) is 18.9 Å². The second-order valence-corrected chi connectivity index (χ2v) is 3.70. The first-order chi connectivity index (χ1) is 8.11. The number of aromatic nitrogens is 1. The molecule has 6 heteroatoms. The number of carboxylic acids is 1. The second kappa shape index (κ2) is 4.32. The highest BCUT2D eigenvalue weighted by Gasteiger charge is 2.40. The zero-order chi connectivity index (χ0) is 12.4. The van der Waals surface area contributed by atoms with Gasteiger partial charge in [-0.3, -0.25) is 19.5 Å². The van der Waals surface area contributed by atoms with Gasteiger partial charge in [0.25, 0.3) is 5.91 Å². The maximum Gasteiger partial charge on any atom is 0.326 e. The number of carboxylic acid groups (broad SMARTS) is 1. The van der Waals surface area contributed by atoms with Crippen molar-refractivity contribution in [3.05, 3.63) is 30.1 Å². The molecule has 1 aromatic rings. The third-order valence-electron chi connectivity index (χ3n) is 2.62. The molecule has 0 aliphatic carbocycles. The topological polar surface area (TPSA) is 87.6 Å². The Hall–Kier alpha value is -2.24. The molecule has 1 aliphatic rings. The summed E-state index contributed by atoms with van der Waals surface area (Å²) >= 11 is 0. The van der Waals surface area contributed by atoms with Crippen LogP contribution in [0.2, 0.25) is 0 Å². The van der Waals surface area contributed by atoms with Gasteiger partial charge < -0.3 is 5.11 Å². The fourth-order valence-electron chi connectivity index (χ4n) is 1.80. The third-order valence-corrected chi connectivity index (χ3v) is 2.62. The highest BCUT2D eigenvalue weighted by molar-refractivity contribution is 6.08. The summed E-state index contributed by atoms with van der Waals surface area (Å²) in [5.74, 6) is -2.22. The molecule has 1 unspecified atom stereocenters. The molecule has 1 aromatic heterocycles. The molecule has 1 atom stereocenters. The summed E-state index contributed by atoms with van der Waals surface area (Å²) in [6, 6.07) is 2.00. The smallest absolute Gasteiger partial charge is 0.326 e. The number of aliphatic carboxylic acids is 1. The van der Waals surface area contributed by atoms with E-state index in [1.165, 1.54) is 18.5 Å². The minimum absolute atomic E-state index is 0.0863. The molecule has 1 saturated heterocycles. The van der Waals surface area contributed by atoms with E-state index in [2.05, 4.69) is 4.98 Å². The lowest BCUT2D eigenvalue weighted by molar-refractivity contribution is -0.144. The molecule has 2 heterocycles. The van der Waals surface area contributed by atoms with E-state index in [1.54, 1.807) is 6.07 Å². The Bertz CT molecular complexity index is 472. The Kier molecular flexibility index (Phi) is 2.86. The lowest BCUT2D eigenvalue weighted by atomic mass is 10.2. The molecule has 0 bridgehead atoms. The Balaban J connectivity index is 2.29. The van der Waals surface area contributed by atoms with Crippen LogP contribution in [0.4, 0.5) is 0 Å². The second-order valence-electron chi connectivity index (χ2n) is 3.70. The number of rotatable bonds is 2. The van der Waals surface area contributed by atoms with Gasteiger partial charge in [0.1, 0.15) is 6.04 Å². The highest BCUT2D eigenvalue weighted by Crippen LogP contribution is 2.21. The average Bonchev–Trinajstić information content (AvgIpc) is 2.71. The summed E-state index contributed by atoms with van der Waals surface area (Å²) in [5.41, 5.74) is 0.217. The van der Waals surface area contributed by atoms with Crippen LogP contribution in [0.5, 0.6) is 0 Å². The van der Waals surface area contributed by atoms with E-state index in [-0.39, 0.29) is 18.4 Å². The monoisotopic (exact) mass is 234 g/mol. The molecule has 6 nitrogen and oxygen atoms in total. The van der Waals surface area contributed by atoms with Crippen LogP contribution in [0, 0.1) is 0 Å². The summed E-state index contributed by atoms with van der Waals surface area (Å²) in [6.45, 7) is 0. The number of hydrogen-bond acceptors (Lipinski definition) is 4. The summed E-state index contributed by atoms with van der Waals surface area (Å²) in [7, 11) is 0. The number of carbonyl (C=O) groups excluding carboxylic acids is 2. The van der Waals surface area contributed by atoms with Crippen LogP contribution in [-0.2, 0) is 9.59 Å². The third kappa shape index (κ3) is 2.01. The fourth-order valence-corrected chi connectivity index (χ4v) is 1.80. The van der Waals surface area contributed by atoms with Gasteiger partial charge in [-0.25, -0.2) is 4.79 Å². The molecule has 2 amide bonds. The Morgan fingerprint density at radius 1 is 1.47 bits per heavy atom. The first-order valence-corrected chi connectivity index (χ1v) is 5.10. The van der Waals surface area contributed by atoms with Gasteiger partial charge in [0.2, 0.25) is 5.91 Å². The molecule has 1 N–H and O–H groups in total. The zero-order valence-corrected chi connectivity index (χ0v) is 8.87.